The summed E-state index contributed by atoms with van der Waals surface area (Å²) in [6.45, 7) is 7.46. The molecule has 24 heavy (non-hydrogen) atoms. The molecule has 1 aliphatic rings. The van der Waals surface area contributed by atoms with Crippen molar-refractivity contribution < 1.29 is 9.59 Å². The molecule has 6 heteroatoms. The molecule has 0 bridgehead atoms. The molecule has 1 saturated heterocycles. The number of piperazine rings is 1. The number of carbonyl (C=O) groups is 2. The van der Waals surface area contributed by atoms with Gasteiger partial charge in [-0.25, -0.2) is 0 Å². The molecular formula is C18H22N4O2. The zero-order chi connectivity index (χ0) is 17.7. The summed E-state index contributed by atoms with van der Waals surface area (Å²) < 4.78 is 0. The lowest BCUT2D eigenvalue weighted by atomic mass is 10.1. The van der Waals surface area contributed by atoms with E-state index in [1.165, 1.54) is 18.7 Å². The number of aryl methyl sites for hydroxylation is 2. The summed E-state index contributed by atoms with van der Waals surface area (Å²) in [7, 11) is 0. The minimum Gasteiger partial charge on any atom is -0.360 e. The van der Waals surface area contributed by atoms with Gasteiger partial charge in [-0.1, -0.05) is 6.07 Å². The van der Waals surface area contributed by atoms with Gasteiger partial charge < -0.3 is 15.1 Å². The number of amides is 2. The average molecular weight is 326 g/mol. The molecule has 1 N–H and O–H groups in total. The summed E-state index contributed by atoms with van der Waals surface area (Å²) >= 11 is 0. The van der Waals surface area contributed by atoms with Crippen molar-refractivity contribution in [1.29, 1.82) is 5.26 Å². The Morgan fingerprint density at radius 2 is 1.75 bits per heavy atom. The molecule has 0 saturated carbocycles. The summed E-state index contributed by atoms with van der Waals surface area (Å²) in [5, 5.41) is 12.3. The Bertz CT molecular complexity index is 710. The van der Waals surface area contributed by atoms with Crippen LogP contribution in [0.25, 0.3) is 0 Å². The van der Waals surface area contributed by atoms with Crippen molar-refractivity contribution in [2.75, 3.05) is 31.5 Å². The first-order valence-corrected chi connectivity index (χ1v) is 7.91. The second-order valence-electron chi connectivity index (χ2n) is 5.91. The van der Waals surface area contributed by atoms with E-state index in [0.717, 1.165) is 11.3 Å². The van der Waals surface area contributed by atoms with Gasteiger partial charge in [-0.15, -0.1) is 0 Å². The van der Waals surface area contributed by atoms with Crippen molar-refractivity contribution >= 4 is 17.5 Å². The molecule has 0 unspecified atom stereocenters. The van der Waals surface area contributed by atoms with Crippen molar-refractivity contribution in [3.63, 3.8) is 0 Å². The largest absolute Gasteiger partial charge is 0.360 e. The Hall–Kier alpha value is -2.81. The van der Waals surface area contributed by atoms with Crippen LogP contribution in [0.4, 0.5) is 5.69 Å². The quantitative estimate of drug-likeness (QED) is 0.679. The molecular weight excluding hydrogens is 304 g/mol. The van der Waals surface area contributed by atoms with Crippen LogP contribution >= 0.6 is 0 Å². The first-order chi connectivity index (χ1) is 11.4. The summed E-state index contributed by atoms with van der Waals surface area (Å²) in [6.07, 6.45) is 1.45. The van der Waals surface area contributed by atoms with Gasteiger partial charge in [0.05, 0.1) is 0 Å². The summed E-state index contributed by atoms with van der Waals surface area (Å²) in [6, 6.07) is 7.82. The second-order valence-corrected chi connectivity index (χ2v) is 5.91. The Balaban J connectivity index is 2.02. The van der Waals surface area contributed by atoms with Crippen molar-refractivity contribution in [1.82, 2.24) is 9.80 Å². The SMILES string of the molecule is CC(=O)N1CCN(C(=O)/C(C#N)=C\Nc2ccc(C)c(C)c2)CC1. The minimum atomic E-state index is -0.308. The van der Waals surface area contributed by atoms with Crippen LogP contribution in [0.2, 0.25) is 0 Å². The van der Waals surface area contributed by atoms with Gasteiger partial charge in [0.2, 0.25) is 5.91 Å². The molecule has 0 aromatic heterocycles. The number of hydrogen-bond donors (Lipinski definition) is 1. The first kappa shape index (κ1) is 17.5. The van der Waals surface area contributed by atoms with Crippen LogP contribution in [-0.4, -0.2) is 47.8 Å². The Morgan fingerprint density at radius 3 is 2.29 bits per heavy atom. The number of hydrogen-bond acceptors (Lipinski definition) is 4. The minimum absolute atomic E-state index is 0.00885. The van der Waals surface area contributed by atoms with Crippen LogP contribution in [0.15, 0.2) is 30.0 Å². The van der Waals surface area contributed by atoms with Crippen LogP contribution < -0.4 is 5.32 Å². The van der Waals surface area contributed by atoms with Crippen molar-refractivity contribution in [2.24, 2.45) is 0 Å². The molecule has 6 nitrogen and oxygen atoms in total. The van der Waals surface area contributed by atoms with Crippen LogP contribution in [0.5, 0.6) is 0 Å². The van der Waals surface area contributed by atoms with Gasteiger partial charge in [-0.05, 0) is 37.1 Å². The molecule has 126 valence electrons. The highest BCUT2D eigenvalue weighted by atomic mass is 16.2. The highest BCUT2D eigenvalue weighted by Crippen LogP contribution is 2.15. The van der Waals surface area contributed by atoms with Crippen molar-refractivity contribution in [2.45, 2.75) is 20.8 Å². The van der Waals surface area contributed by atoms with E-state index in [4.69, 9.17) is 0 Å². The van der Waals surface area contributed by atoms with E-state index in [9.17, 15) is 14.9 Å². The average Bonchev–Trinajstić information content (AvgIpc) is 2.58. The zero-order valence-electron chi connectivity index (χ0n) is 14.3. The standard InChI is InChI=1S/C18H22N4O2/c1-13-4-5-17(10-14(13)2)20-12-16(11-19)18(24)22-8-6-21(7-9-22)15(3)23/h4-5,10,12,20H,6-9H2,1-3H3/b16-12-. The summed E-state index contributed by atoms with van der Waals surface area (Å²) in [4.78, 5) is 27.1. The van der Waals surface area contributed by atoms with Gasteiger partial charge in [0.15, 0.2) is 0 Å². The van der Waals surface area contributed by atoms with E-state index in [1.54, 1.807) is 9.80 Å². The number of nitrogens with one attached hydrogen (secondary N) is 1. The molecule has 0 atom stereocenters. The third-order valence-electron chi connectivity index (χ3n) is 4.25. The van der Waals surface area contributed by atoms with Crippen molar-refractivity contribution in [3.05, 3.63) is 41.1 Å². The van der Waals surface area contributed by atoms with E-state index >= 15 is 0 Å². The molecule has 0 spiro atoms. The van der Waals surface area contributed by atoms with Crippen LogP contribution in [0.1, 0.15) is 18.1 Å². The van der Waals surface area contributed by atoms with Gasteiger partial charge in [0.1, 0.15) is 11.6 Å². The molecule has 1 aromatic carbocycles. The fourth-order valence-electron chi connectivity index (χ4n) is 2.52. The van der Waals surface area contributed by atoms with Crippen molar-refractivity contribution in [3.8, 4) is 6.07 Å². The lowest BCUT2D eigenvalue weighted by Gasteiger charge is -2.34. The Kier molecular flexibility index (Phi) is 5.59. The number of carbonyl (C=O) groups excluding carboxylic acids is 2. The topological polar surface area (TPSA) is 76.4 Å². The van der Waals surface area contributed by atoms with Crippen LogP contribution in [-0.2, 0) is 9.59 Å². The van der Waals surface area contributed by atoms with E-state index in [1.807, 2.05) is 38.1 Å². The summed E-state index contributed by atoms with van der Waals surface area (Å²) in [5.74, 6) is -0.299. The smallest absolute Gasteiger partial charge is 0.266 e. The maximum Gasteiger partial charge on any atom is 0.266 e. The molecule has 2 rings (SSSR count). The fourth-order valence-corrected chi connectivity index (χ4v) is 2.52. The number of benzene rings is 1. The Morgan fingerprint density at radius 1 is 1.12 bits per heavy atom. The second kappa shape index (κ2) is 7.64. The third kappa shape index (κ3) is 4.13. The van der Waals surface area contributed by atoms with E-state index < -0.39 is 0 Å². The molecule has 1 aromatic rings. The normalized spacial score (nSPS) is 15.0. The first-order valence-electron chi connectivity index (χ1n) is 7.91. The molecule has 1 aliphatic heterocycles. The molecule has 0 radical (unpaired) electrons. The predicted molar refractivity (Wildman–Crippen MR) is 92.1 cm³/mol. The maximum atomic E-state index is 12.4. The van der Waals surface area contributed by atoms with Gasteiger partial charge in [-0.3, -0.25) is 9.59 Å². The van der Waals surface area contributed by atoms with E-state index in [-0.39, 0.29) is 17.4 Å². The number of anilines is 1. The lowest BCUT2D eigenvalue weighted by Crippen LogP contribution is -2.50. The van der Waals surface area contributed by atoms with Gasteiger partial charge in [0, 0.05) is 45.0 Å². The monoisotopic (exact) mass is 326 g/mol. The highest BCUT2D eigenvalue weighted by Gasteiger charge is 2.24. The molecule has 0 aliphatic carbocycles. The molecule has 1 heterocycles. The van der Waals surface area contributed by atoms with Crippen LogP contribution in [0.3, 0.4) is 0 Å². The van der Waals surface area contributed by atoms with Gasteiger partial charge >= 0.3 is 0 Å². The Labute approximate surface area is 142 Å². The van der Waals surface area contributed by atoms with Gasteiger partial charge in [-0.2, -0.15) is 5.26 Å². The molecule has 1 fully saturated rings. The lowest BCUT2D eigenvalue weighted by molar-refractivity contribution is -0.136. The van der Waals surface area contributed by atoms with Gasteiger partial charge in [0.25, 0.3) is 5.91 Å². The molecule has 2 amide bonds. The zero-order valence-corrected chi connectivity index (χ0v) is 14.3. The maximum absolute atomic E-state index is 12.4. The van der Waals surface area contributed by atoms with E-state index in [0.29, 0.717) is 26.2 Å². The summed E-state index contributed by atoms with van der Waals surface area (Å²) in [5.41, 5.74) is 3.22. The van der Waals surface area contributed by atoms with Crippen LogP contribution in [0, 0.1) is 25.2 Å². The van der Waals surface area contributed by atoms with E-state index in [2.05, 4.69) is 5.32 Å². The predicted octanol–water partition coefficient (Wildman–Crippen LogP) is 1.81. The highest BCUT2D eigenvalue weighted by molar-refractivity contribution is 5.97. The third-order valence-corrected chi connectivity index (χ3v) is 4.25. The number of rotatable bonds is 3. The number of nitrogens with zero attached hydrogens (tertiary/aromatic N) is 3. The number of nitriles is 1. The fraction of sp³-hybridized carbons (Fsp3) is 0.389.